The van der Waals surface area contributed by atoms with Crippen LogP contribution < -0.4 is 0 Å². The highest BCUT2D eigenvalue weighted by Gasteiger charge is 2.62. The first-order chi connectivity index (χ1) is 18.4. The lowest BCUT2D eigenvalue weighted by molar-refractivity contribution is -0.158. The van der Waals surface area contributed by atoms with E-state index in [1.807, 2.05) is 13.8 Å². The van der Waals surface area contributed by atoms with Crippen LogP contribution in [0.1, 0.15) is 36.1 Å². The van der Waals surface area contributed by atoms with Crippen LogP contribution >= 0.6 is 12.6 Å². The third kappa shape index (κ3) is 4.40. The Morgan fingerprint density at radius 1 is 0.605 bits per heavy atom. The van der Waals surface area contributed by atoms with Gasteiger partial charge < -0.3 is 9.47 Å². The lowest BCUT2D eigenvalue weighted by Gasteiger charge is -2.50. The molecule has 0 aliphatic carbocycles. The molecule has 1 aliphatic heterocycles. The minimum atomic E-state index is -0.808. The number of thiol groups is 1. The number of hydrogen-bond donors (Lipinski definition) is 1. The SMILES string of the molecule is CN(C)C(c1ccccc1)(c1ccccc1)[C@@H]1OC(C)(C)O[C@H]1C(CS)(c1ccccc1)c1ccccc1. The van der Waals surface area contributed by atoms with Crippen LogP contribution in [0, 0.1) is 0 Å². The summed E-state index contributed by atoms with van der Waals surface area (Å²) in [6.45, 7) is 4.05. The van der Waals surface area contributed by atoms with Crippen LogP contribution in [0.25, 0.3) is 0 Å². The Bertz CT molecular complexity index is 1230. The average molecular weight is 524 g/mol. The molecule has 1 fully saturated rings. The second kappa shape index (κ2) is 10.7. The Balaban J connectivity index is 1.84. The number of likely N-dealkylation sites (N-methyl/N-ethyl adjacent to an activating group) is 1. The van der Waals surface area contributed by atoms with E-state index < -0.39 is 16.7 Å². The summed E-state index contributed by atoms with van der Waals surface area (Å²) in [5.41, 5.74) is 3.41. The fourth-order valence-electron chi connectivity index (χ4n) is 6.32. The van der Waals surface area contributed by atoms with Gasteiger partial charge in [-0.3, -0.25) is 4.90 Å². The van der Waals surface area contributed by atoms with E-state index in [-0.39, 0.29) is 12.2 Å². The summed E-state index contributed by atoms with van der Waals surface area (Å²) in [7, 11) is 4.28. The van der Waals surface area contributed by atoms with E-state index in [4.69, 9.17) is 22.1 Å². The van der Waals surface area contributed by atoms with Crippen LogP contribution in [-0.2, 0) is 20.4 Å². The van der Waals surface area contributed by atoms with Crippen molar-refractivity contribution in [1.82, 2.24) is 4.90 Å². The van der Waals surface area contributed by atoms with Crippen LogP contribution in [0.15, 0.2) is 121 Å². The highest BCUT2D eigenvalue weighted by Crippen LogP contribution is 2.53. The first-order valence-electron chi connectivity index (χ1n) is 13.2. The van der Waals surface area contributed by atoms with Gasteiger partial charge in [-0.15, -0.1) is 0 Å². The van der Waals surface area contributed by atoms with Crippen molar-refractivity contribution in [2.45, 2.75) is 42.8 Å². The van der Waals surface area contributed by atoms with E-state index in [2.05, 4.69) is 140 Å². The second-order valence-electron chi connectivity index (χ2n) is 10.7. The zero-order valence-corrected chi connectivity index (χ0v) is 23.5. The normalized spacial score (nSPS) is 19.5. The van der Waals surface area contributed by atoms with Crippen LogP contribution in [0.3, 0.4) is 0 Å². The summed E-state index contributed by atoms with van der Waals surface area (Å²) >= 11 is 5.07. The zero-order chi connectivity index (χ0) is 26.8. The summed E-state index contributed by atoms with van der Waals surface area (Å²) in [4.78, 5) is 2.29. The number of hydrogen-bond acceptors (Lipinski definition) is 4. The molecule has 4 aromatic rings. The summed E-state index contributed by atoms with van der Waals surface area (Å²) in [5.74, 6) is -0.257. The van der Waals surface area contributed by atoms with Gasteiger partial charge in [0.1, 0.15) is 17.7 Å². The van der Waals surface area contributed by atoms with Crippen molar-refractivity contribution in [2.75, 3.05) is 19.8 Å². The predicted molar refractivity (Wildman–Crippen MR) is 159 cm³/mol. The molecule has 1 aliphatic rings. The molecule has 2 atom stereocenters. The summed E-state index contributed by atoms with van der Waals surface area (Å²) < 4.78 is 14.1. The van der Waals surface area contributed by atoms with E-state index in [0.717, 1.165) is 22.3 Å². The van der Waals surface area contributed by atoms with Crippen LogP contribution in [0.2, 0.25) is 0 Å². The van der Waals surface area contributed by atoms with E-state index in [1.54, 1.807) is 0 Å². The van der Waals surface area contributed by atoms with E-state index >= 15 is 0 Å². The first kappa shape index (κ1) is 26.7. The maximum Gasteiger partial charge on any atom is 0.163 e. The second-order valence-corrected chi connectivity index (χ2v) is 11.0. The Hall–Kier alpha value is -2.89. The van der Waals surface area contributed by atoms with Crippen molar-refractivity contribution in [3.05, 3.63) is 144 Å². The molecule has 1 saturated heterocycles. The fraction of sp³-hybridized carbons (Fsp3) is 0.294. The Morgan fingerprint density at radius 3 is 1.29 bits per heavy atom. The van der Waals surface area contributed by atoms with Gasteiger partial charge in [0.25, 0.3) is 0 Å². The van der Waals surface area contributed by atoms with Gasteiger partial charge >= 0.3 is 0 Å². The third-order valence-corrected chi connectivity index (χ3v) is 8.45. The van der Waals surface area contributed by atoms with Gasteiger partial charge in [-0.1, -0.05) is 121 Å². The minimum absolute atomic E-state index is 0.359. The summed E-state index contributed by atoms with van der Waals surface area (Å²) in [6, 6.07) is 42.6. The van der Waals surface area contributed by atoms with Crippen molar-refractivity contribution >= 4 is 12.6 Å². The molecule has 4 heteroatoms. The van der Waals surface area contributed by atoms with Crippen molar-refractivity contribution in [3.63, 3.8) is 0 Å². The topological polar surface area (TPSA) is 21.7 Å². The Kier molecular flexibility index (Phi) is 7.52. The van der Waals surface area contributed by atoms with Gasteiger partial charge in [0, 0.05) is 5.75 Å². The van der Waals surface area contributed by atoms with Crippen molar-refractivity contribution in [3.8, 4) is 0 Å². The van der Waals surface area contributed by atoms with E-state index in [9.17, 15) is 0 Å². The molecule has 38 heavy (non-hydrogen) atoms. The molecule has 0 unspecified atom stereocenters. The van der Waals surface area contributed by atoms with Gasteiger partial charge in [0.05, 0.1) is 5.41 Å². The monoisotopic (exact) mass is 523 g/mol. The van der Waals surface area contributed by atoms with Gasteiger partial charge in [-0.2, -0.15) is 12.6 Å². The van der Waals surface area contributed by atoms with Gasteiger partial charge in [-0.05, 0) is 50.2 Å². The van der Waals surface area contributed by atoms with Gasteiger partial charge in [0.2, 0.25) is 0 Å². The van der Waals surface area contributed by atoms with Crippen LogP contribution in [0.4, 0.5) is 0 Å². The molecule has 0 aromatic heterocycles. The number of nitrogens with zero attached hydrogens (tertiary/aromatic N) is 1. The zero-order valence-electron chi connectivity index (χ0n) is 22.6. The highest BCUT2D eigenvalue weighted by molar-refractivity contribution is 7.80. The molecule has 0 N–H and O–H groups in total. The van der Waals surface area contributed by atoms with Crippen LogP contribution in [-0.4, -0.2) is 42.7 Å². The van der Waals surface area contributed by atoms with Crippen molar-refractivity contribution in [1.29, 1.82) is 0 Å². The highest BCUT2D eigenvalue weighted by atomic mass is 32.1. The quantitative estimate of drug-likeness (QED) is 0.253. The average Bonchev–Trinajstić information content (AvgIpc) is 3.27. The molecule has 1 heterocycles. The minimum Gasteiger partial charge on any atom is -0.343 e. The number of benzene rings is 4. The van der Waals surface area contributed by atoms with Crippen molar-refractivity contribution in [2.24, 2.45) is 0 Å². The largest absolute Gasteiger partial charge is 0.343 e. The molecule has 5 rings (SSSR count). The first-order valence-corrected chi connectivity index (χ1v) is 13.9. The maximum absolute atomic E-state index is 7.05. The molecule has 4 aromatic carbocycles. The smallest absolute Gasteiger partial charge is 0.163 e. The Labute approximate surface area is 232 Å². The molecular weight excluding hydrogens is 486 g/mol. The molecule has 3 nitrogen and oxygen atoms in total. The van der Waals surface area contributed by atoms with E-state index in [1.165, 1.54) is 0 Å². The molecule has 196 valence electrons. The third-order valence-electron chi connectivity index (χ3n) is 7.95. The standard InChI is InChI=1S/C34H37NO2S/c1-32(2)36-30(33(25-38,26-17-9-5-10-18-26)27-19-11-6-12-20-27)31(37-32)34(35(3)4,28-21-13-7-14-22-28)29-23-15-8-16-24-29/h5-24,30-31,38H,25H2,1-4H3/t30-,31-/m1/s1. The molecule has 0 amide bonds. The summed E-state index contributed by atoms with van der Waals surface area (Å²) in [6.07, 6.45) is -0.729. The fourth-order valence-corrected chi connectivity index (χ4v) is 6.86. The van der Waals surface area contributed by atoms with Gasteiger partial charge in [0.15, 0.2) is 5.79 Å². The molecule has 0 spiro atoms. The lowest BCUT2D eigenvalue weighted by atomic mass is 9.64. The van der Waals surface area contributed by atoms with Crippen LogP contribution in [0.5, 0.6) is 0 Å². The lowest BCUT2D eigenvalue weighted by Crippen LogP contribution is -2.60. The molecular formula is C34H37NO2S. The summed E-state index contributed by atoms with van der Waals surface area (Å²) in [5, 5.41) is 0. The number of ether oxygens (including phenoxy) is 2. The predicted octanol–water partition coefficient (Wildman–Crippen LogP) is 6.93. The van der Waals surface area contributed by atoms with E-state index in [0.29, 0.717) is 5.75 Å². The maximum atomic E-state index is 7.05. The molecule has 0 bridgehead atoms. The number of rotatable bonds is 8. The van der Waals surface area contributed by atoms with Gasteiger partial charge in [-0.25, -0.2) is 0 Å². The molecule has 0 saturated carbocycles. The Morgan fingerprint density at radius 2 is 0.947 bits per heavy atom. The van der Waals surface area contributed by atoms with Crippen molar-refractivity contribution < 1.29 is 9.47 Å². The molecule has 0 radical (unpaired) electrons.